The Balaban J connectivity index is 1.08. The molecule has 2 aliphatic rings. The SMILES string of the molecule is CN(c1ccc([N+](=O)[O-])c(C(F)(F)F)c1)[C@H]1CC[C@H](OCC(=O)N2CCN(c3ccc4cc(Cl)ccc4n3)CC2)CC1. The second kappa shape index (κ2) is 12.3. The number of hydrogen-bond donors (Lipinski definition) is 0. The molecule has 2 aromatic carbocycles. The van der Waals surface area contributed by atoms with E-state index in [1.807, 2.05) is 30.3 Å². The van der Waals surface area contributed by atoms with Gasteiger partial charge in [-0.25, -0.2) is 4.98 Å². The number of ether oxygens (including phenoxy) is 1. The summed E-state index contributed by atoms with van der Waals surface area (Å²) in [4.78, 5) is 33.3. The Morgan fingerprint density at radius 3 is 2.45 bits per heavy atom. The minimum Gasteiger partial charge on any atom is -0.372 e. The minimum absolute atomic E-state index is 0.0164. The molecule has 5 rings (SSSR count). The van der Waals surface area contributed by atoms with Crippen LogP contribution < -0.4 is 9.80 Å². The highest BCUT2D eigenvalue weighted by Crippen LogP contribution is 2.39. The normalized spacial score (nSPS) is 19.6. The highest BCUT2D eigenvalue weighted by molar-refractivity contribution is 6.31. The number of anilines is 2. The van der Waals surface area contributed by atoms with Crippen molar-refractivity contribution in [3.63, 3.8) is 0 Å². The quantitative estimate of drug-likeness (QED) is 0.244. The van der Waals surface area contributed by atoms with Gasteiger partial charge in [0.15, 0.2) is 0 Å². The summed E-state index contributed by atoms with van der Waals surface area (Å²) in [5.41, 5.74) is -1.08. The molecule has 0 atom stereocenters. The smallest absolute Gasteiger partial charge is 0.372 e. The lowest BCUT2D eigenvalue weighted by Crippen LogP contribution is -2.50. The molecule has 0 radical (unpaired) electrons. The lowest BCUT2D eigenvalue weighted by Gasteiger charge is -2.37. The number of hydrogen-bond acceptors (Lipinski definition) is 7. The van der Waals surface area contributed by atoms with Crippen LogP contribution in [0, 0.1) is 10.1 Å². The first kappa shape index (κ1) is 29.8. The van der Waals surface area contributed by atoms with Crippen molar-refractivity contribution < 1.29 is 27.6 Å². The van der Waals surface area contributed by atoms with Crippen LogP contribution in [-0.2, 0) is 15.7 Å². The highest BCUT2D eigenvalue weighted by Gasteiger charge is 2.39. The van der Waals surface area contributed by atoms with Crippen LogP contribution in [0.3, 0.4) is 0 Å². The molecule has 0 bridgehead atoms. The van der Waals surface area contributed by atoms with Crippen molar-refractivity contribution in [2.24, 2.45) is 0 Å². The van der Waals surface area contributed by atoms with E-state index in [1.165, 1.54) is 6.07 Å². The maximum absolute atomic E-state index is 13.4. The predicted octanol–water partition coefficient (Wildman–Crippen LogP) is 5.93. The van der Waals surface area contributed by atoms with Gasteiger partial charge in [0.1, 0.15) is 18.0 Å². The van der Waals surface area contributed by atoms with Crippen molar-refractivity contribution >= 4 is 45.6 Å². The van der Waals surface area contributed by atoms with Crippen LogP contribution in [-0.4, -0.2) is 72.7 Å². The van der Waals surface area contributed by atoms with E-state index in [0.717, 1.165) is 28.9 Å². The summed E-state index contributed by atoms with van der Waals surface area (Å²) < 4.78 is 46.2. The number of aromatic nitrogens is 1. The van der Waals surface area contributed by atoms with E-state index in [4.69, 9.17) is 21.3 Å². The second-order valence-electron chi connectivity index (χ2n) is 10.7. The molecular weight excluding hydrogens is 575 g/mol. The molecular formula is C29H31ClF3N5O4. The van der Waals surface area contributed by atoms with Crippen LogP contribution in [0.1, 0.15) is 31.2 Å². The van der Waals surface area contributed by atoms with Gasteiger partial charge >= 0.3 is 6.18 Å². The summed E-state index contributed by atoms with van der Waals surface area (Å²) in [6.07, 6.45) is -2.29. The number of carbonyl (C=O) groups is 1. The van der Waals surface area contributed by atoms with Gasteiger partial charge in [-0.3, -0.25) is 14.9 Å². The summed E-state index contributed by atoms with van der Waals surface area (Å²) in [5.74, 6) is 0.791. The van der Waals surface area contributed by atoms with Crippen LogP contribution in [0.4, 0.5) is 30.4 Å². The maximum Gasteiger partial charge on any atom is 0.423 e. The van der Waals surface area contributed by atoms with Crippen LogP contribution in [0.2, 0.25) is 5.02 Å². The number of piperazine rings is 1. The lowest BCUT2D eigenvalue weighted by atomic mass is 9.91. The summed E-state index contributed by atoms with van der Waals surface area (Å²) >= 11 is 6.06. The molecule has 1 saturated carbocycles. The second-order valence-corrected chi connectivity index (χ2v) is 11.1. The van der Waals surface area contributed by atoms with E-state index in [-0.39, 0.29) is 30.3 Å². The van der Waals surface area contributed by atoms with Gasteiger partial charge in [-0.05, 0) is 68.1 Å². The fourth-order valence-electron chi connectivity index (χ4n) is 5.67. The standard InChI is InChI=1S/C29H31ClF3N5O4/c1-35(22-6-10-26(38(40)41)24(17-22)29(31,32)33)21-4-7-23(8-5-21)42-18-28(39)37-14-12-36(13-15-37)27-11-2-19-16-20(30)3-9-25(19)34-27/h2-3,6,9-11,16-17,21,23H,4-5,7-8,12-15,18H2,1H3/t21-,23-. The Labute approximate surface area is 245 Å². The molecule has 3 aromatic rings. The molecule has 42 heavy (non-hydrogen) atoms. The van der Waals surface area contributed by atoms with E-state index in [1.54, 1.807) is 16.8 Å². The van der Waals surface area contributed by atoms with Crippen LogP contribution in [0.25, 0.3) is 10.9 Å². The number of fused-ring (bicyclic) bond motifs is 1. The van der Waals surface area contributed by atoms with Crippen molar-refractivity contribution in [2.75, 3.05) is 49.6 Å². The lowest BCUT2D eigenvalue weighted by molar-refractivity contribution is -0.388. The van der Waals surface area contributed by atoms with Crippen LogP contribution >= 0.6 is 11.6 Å². The molecule has 0 unspecified atom stereocenters. The first-order valence-electron chi connectivity index (χ1n) is 13.8. The summed E-state index contributed by atoms with van der Waals surface area (Å²) in [6, 6.07) is 12.6. The Hall–Kier alpha value is -3.64. The number of halogens is 4. The number of alkyl halides is 3. The number of nitro groups is 1. The highest BCUT2D eigenvalue weighted by atomic mass is 35.5. The van der Waals surface area contributed by atoms with Crippen LogP contribution in [0.5, 0.6) is 0 Å². The van der Waals surface area contributed by atoms with Gasteiger partial charge in [0.2, 0.25) is 5.91 Å². The third-order valence-corrected chi connectivity index (χ3v) is 8.35. The zero-order chi connectivity index (χ0) is 30.0. The Morgan fingerprint density at radius 2 is 1.79 bits per heavy atom. The third-order valence-electron chi connectivity index (χ3n) is 8.12. The van der Waals surface area contributed by atoms with E-state index in [2.05, 4.69) is 4.90 Å². The molecule has 1 aliphatic heterocycles. The van der Waals surface area contributed by atoms with Gasteiger partial charge in [-0.2, -0.15) is 13.2 Å². The average molecular weight is 606 g/mol. The first-order chi connectivity index (χ1) is 20.0. The van der Waals surface area contributed by atoms with Crippen LogP contribution in [0.15, 0.2) is 48.5 Å². The van der Waals surface area contributed by atoms with Gasteiger partial charge in [0.05, 0.1) is 16.5 Å². The van der Waals surface area contributed by atoms with E-state index in [0.29, 0.717) is 56.9 Å². The molecule has 1 aliphatic carbocycles. The zero-order valence-electron chi connectivity index (χ0n) is 23.0. The van der Waals surface area contributed by atoms with Gasteiger partial charge in [0.25, 0.3) is 5.69 Å². The Kier molecular flexibility index (Phi) is 8.74. The molecule has 13 heteroatoms. The van der Waals surface area contributed by atoms with Crippen molar-refractivity contribution in [3.05, 3.63) is 69.2 Å². The van der Waals surface area contributed by atoms with Crippen molar-refractivity contribution in [3.8, 4) is 0 Å². The molecule has 2 fully saturated rings. The number of benzene rings is 2. The van der Waals surface area contributed by atoms with Crippen molar-refractivity contribution in [1.29, 1.82) is 0 Å². The van der Waals surface area contributed by atoms with Crippen molar-refractivity contribution in [1.82, 2.24) is 9.88 Å². The fourth-order valence-corrected chi connectivity index (χ4v) is 5.85. The van der Waals surface area contributed by atoms with Gasteiger partial charge in [-0.15, -0.1) is 0 Å². The number of pyridine rings is 1. The average Bonchev–Trinajstić information content (AvgIpc) is 2.98. The minimum atomic E-state index is -4.83. The number of nitro benzene ring substituents is 1. The van der Waals surface area contributed by atoms with E-state index in [9.17, 15) is 28.1 Å². The zero-order valence-corrected chi connectivity index (χ0v) is 23.8. The number of carbonyl (C=O) groups excluding carboxylic acids is 1. The molecule has 0 spiro atoms. The molecule has 2 heterocycles. The molecule has 1 amide bonds. The number of rotatable bonds is 7. The van der Waals surface area contributed by atoms with E-state index < -0.39 is 22.4 Å². The molecule has 0 N–H and O–H groups in total. The Bertz CT molecular complexity index is 1460. The molecule has 1 saturated heterocycles. The largest absolute Gasteiger partial charge is 0.423 e. The summed E-state index contributed by atoms with van der Waals surface area (Å²) in [6.45, 7) is 2.43. The predicted molar refractivity (Wildman–Crippen MR) is 154 cm³/mol. The monoisotopic (exact) mass is 605 g/mol. The summed E-state index contributed by atoms with van der Waals surface area (Å²) in [5, 5.41) is 12.7. The molecule has 224 valence electrons. The topological polar surface area (TPSA) is 92.0 Å². The molecule has 1 aromatic heterocycles. The maximum atomic E-state index is 13.4. The van der Waals surface area contributed by atoms with Crippen molar-refractivity contribution in [2.45, 2.75) is 44.0 Å². The fraction of sp³-hybridized carbons (Fsp3) is 0.448. The molecule has 9 nitrogen and oxygen atoms in total. The summed E-state index contributed by atoms with van der Waals surface area (Å²) in [7, 11) is 1.69. The Morgan fingerprint density at radius 1 is 1.07 bits per heavy atom. The third kappa shape index (κ3) is 6.70. The van der Waals surface area contributed by atoms with Gasteiger partial charge in [0, 0.05) is 61.4 Å². The van der Waals surface area contributed by atoms with Gasteiger partial charge < -0.3 is 19.4 Å². The number of amides is 1. The first-order valence-corrected chi connectivity index (χ1v) is 14.2. The van der Waals surface area contributed by atoms with E-state index >= 15 is 0 Å². The van der Waals surface area contributed by atoms with Gasteiger partial charge in [-0.1, -0.05) is 11.6 Å². The number of nitrogens with zero attached hydrogens (tertiary/aromatic N) is 5.